The molecule has 24 heavy (non-hydrogen) atoms. The average Bonchev–Trinajstić information content (AvgIpc) is 2.55. The molecule has 124 valence electrons. The molecule has 0 radical (unpaired) electrons. The quantitative estimate of drug-likeness (QED) is 0.552. The molecule has 3 aromatic rings. The van der Waals surface area contributed by atoms with Gasteiger partial charge in [0.2, 0.25) is 0 Å². The van der Waals surface area contributed by atoms with Gasteiger partial charge < -0.3 is 4.74 Å². The SMILES string of the molecule is CCCc1ccc(C(F)(F)Oc2ccc3cc(F)ccc3c2)cc1. The molecule has 0 atom stereocenters. The molecule has 0 saturated heterocycles. The summed E-state index contributed by atoms with van der Waals surface area (Å²) < 4.78 is 46.7. The van der Waals surface area contributed by atoms with Crippen LogP contribution in [0.2, 0.25) is 0 Å². The second kappa shape index (κ2) is 6.56. The lowest BCUT2D eigenvalue weighted by molar-refractivity contribution is -0.185. The van der Waals surface area contributed by atoms with Crippen molar-refractivity contribution in [1.29, 1.82) is 0 Å². The van der Waals surface area contributed by atoms with Crippen LogP contribution in [-0.4, -0.2) is 0 Å². The van der Waals surface area contributed by atoms with Crippen molar-refractivity contribution >= 4 is 10.8 Å². The van der Waals surface area contributed by atoms with Crippen LogP contribution in [0.1, 0.15) is 24.5 Å². The van der Waals surface area contributed by atoms with E-state index in [2.05, 4.69) is 0 Å². The molecule has 3 rings (SSSR count). The lowest BCUT2D eigenvalue weighted by Crippen LogP contribution is -2.21. The number of hydrogen-bond acceptors (Lipinski definition) is 1. The highest BCUT2D eigenvalue weighted by molar-refractivity contribution is 5.83. The molecule has 0 amide bonds. The van der Waals surface area contributed by atoms with E-state index in [-0.39, 0.29) is 17.1 Å². The molecular formula is C20H17F3O. The molecule has 0 N–H and O–H groups in total. The Morgan fingerprint density at radius 1 is 0.875 bits per heavy atom. The zero-order chi connectivity index (χ0) is 17.2. The van der Waals surface area contributed by atoms with E-state index in [9.17, 15) is 13.2 Å². The van der Waals surface area contributed by atoms with Crippen LogP contribution in [0.5, 0.6) is 5.75 Å². The molecule has 0 saturated carbocycles. The third kappa shape index (κ3) is 3.53. The van der Waals surface area contributed by atoms with E-state index in [0.717, 1.165) is 18.4 Å². The molecule has 0 aliphatic carbocycles. The Balaban J connectivity index is 1.84. The van der Waals surface area contributed by atoms with E-state index >= 15 is 0 Å². The predicted octanol–water partition coefficient (Wildman–Crippen LogP) is 6.06. The number of rotatable bonds is 5. The molecule has 0 bridgehead atoms. The summed E-state index contributed by atoms with van der Waals surface area (Å²) in [5, 5.41) is 1.28. The minimum Gasteiger partial charge on any atom is -0.429 e. The molecule has 0 aliphatic heterocycles. The van der Waals surface area contributed by atoms with Crippen LogP contribution in [0.3, 0.4) is 0 Å². The Kier molecular flexibility index (Phi) is 4.47. The van der Waals surface area contributed by atoms with Crippen molar-refractivity contribution in [3.05, 3.63) is 77.6 Å². The molecule has 0 aliphatic rings. The Morgan fingerprint density at radius 3 is 2.25 bits per heavy atom. The maximum Gasteiger partial charge on any atom is 0.426 e. The zero-order valence-electron chi connectivity index (χ0n) is 13.2. The van der Waals surface area contributed by atoms with E-state index < -0.39 is 6.11 Å². The number of ether oxygens (including phenoxy) is 1. The van der Waals surface area contributed by atoms with Crippen LogP contribution >= 0.6 is 0 Å². The third-order valence-electron chi connectivity index (χ3n) is 3.85. The first-order chi connectivity index (χ1) is 11.5. The molecule has 3 aromatic carbocycles. The maximum absolute atomic E-state index is 14.3. The monoisotopic (exact) mass is 330 g/mol. The molecule has 0 unspecified atom stereocenters. The van der Waals surface area contributed by atoms with Crippen LogP contribution in [0, 0.1) is 5.82 Å². The van der Waals surface area contributed by atoms with Gasteiger partial charge in [0.25, 0.3) is 0 Å². The lowest BCUT2D eigenvalue weighted by Gasteiger charge is -2.19. The highest BCUT2D eigenvalue weighted by Gasteiger charge is 2.34. The van der Waals surface area contributed by atoms with Gasteiger partial charge in [0, 0.05) is 0 Å². The Morgan fingerprint density at radius 2 is 1.54 bits per heavy atom. The summed E-state index contributed by atoms with van der Waals surface area (Å²) in [6.07, 6.45) is -1.61. The standard InChI is InChI=1S/C20H17F3O/c1-2-3-14-4-8-17(9-5-14)20(22,23)24-19-11-7-15-12-18(21)10-6-16(15)13-19/h4-13H,2-3H2,1H3. The van der Waals surface area contributed by atoms with Gasteiger partial charge in [-0.15, -0.1) is 0 Å². The molecule has 0 heterocycles. The van der Waals surface area contributed by atoms with Crippen molar-refractivity contribution in [1.82, 2.24) is 0 Å². The van der Waals surface area contributed by atoms with Crippen molar-refractivity contribution in [2.75, 3.05) is 0 Å². The predicted molar refractivity (Wildman–Crippen MR) is 88.9 cm³/mol. The number of fused-ring (bicyclic) bond motifs is 1. The summed E-state index contributed by atoms with van der Waals surface area (Å²) in [6, 6.07) is 14.8. The van der Waals surface area contributed by atoms with Crippen molar-refractivity contribution in [2.45, 2.75) is 25.9 Å². The lowest BCUT2D eigenvalue weighted by atomic mass is 10.1. The van der Waals surface area contributed by atoms with Gasteiger partial charge in [0.15, 0.2) is 0 Å². The van der Waals surface area contributed by atoms with Gasteiger partial charge in [0.1, 0.15) is 11.6 Å². The van der Waals surface area contributed by atoms with E-state index in [1.165, 1.54) is 42.5 Å². The second-order valence-corrected chi connectivity index (χ2v) is 5.72. The van der Waals surface area contributed by atoms with Gasteiger partial charge in [-0.2, -0.15) is 8.78 Å². The van der Waals surface area contributed by atoms with Crippen molar-refractivity contribution in [3.63, 3.8) is 0 Å². The second-order valence-electron chi connectivity index (χ2n) is 5.72. The van der Waals surface area contributed by atoms with Crippen LogP contribution < -0.4 is 4.74 Å². The Labute approximate surface area is 138 Å². The summed E-state index contributed by atoms with van der Waals surface area (Å²) >= 11 is 0. The topological polar surface area (TPSA) is 9.23 Å². The summed E-state index contributed by atoms with van der Waals surface area (Å²) in [6.45, 7) is 2.04. The summed E-state index contributed by atoms with van der Waals surface area (Å²) in [4.78, 5) is 0. The highest BCUT2D eigenvalue weighted by Crippen LogP contribution is 2.33. The Hall–Kier alpha value is -2.49. The molecule has 1 nitrogen and oxygen atoms in total. The van der Waals surface area contributed by atoms with E-state index in [0.29, 0.717) is 10.8 Å². The summed E-state index contributed by atoms with van der Waals surface area (Å²) in [5.74, 6) is -0.328. The van der Waals surface area contributed by atoms with Gasteiger partial charge >= 0.3 is 6.11 Å². The smallest absolute Gasteiger partial charge is 0.426 e. The molecule has 4 heteroatoms. The molecule has 0 fully saturated rings. The van der Waals surface area contributed by atoms with Crippen LogP contribution in [0.4, 0.5) is 13.2 Å². The average molecular weight is 330 g/mol. The Bertz CT molecular complexity index is 841. The molecule has 0 spiro atoms. The molecule has 0 aromatic heterocycles. The molecular weight excluding hydrogens is 313 g/mol. The maximum atomic E-state index is 14.3. The van der Waals surface area contributed by atoms with Gasteiger partial charge in [-0.3, -0.25) is 0 Å². The summed E-state index contributed by atoms with van der Waals surface area (Å²) in [5.41, 5.74) is 0.825. The number of benzene rings is 3. The number of halogens is 3. The van der Waals surface area contributed by atoms with E-state index in [1.54, 1.807) is 18.2 Å². The largest absolute Gasteiger partial charge is 0.429 e. The number of alkyl halides is 2. The number of hydrogen-bond donors (Lipinski definition) is 0. The summed E-state index contributed by atoms with van der Waals surface area (Å²) in [7, 11) is 0. The fourth-order valence-corrected chi connectivity index (χ4v) is 2.62. The normalized spacial score (nSPS) is 11.7. The minimum atomic E-state index is -3.43. The van der Waals surface area contributed by atoms with E-state index in [1.807, 2.05) is 6.92 Å². The van der Waals surface area contributed by atoms with Crippen LogP contribution in [0.15, 0.2) is 60.7 Å². The zero-order valence-corrected chi connectivity index (χ0v) is 13.2. The van der Waals surface area contributed by atoms with Gasteiger partial charge in [-0.25, -0.2) is 4.39 Å². The van der Waals surface area contributed by atoms with Crippen LogP contribution in [-0.2, 0) is 12.5 Å². The third-order valence-corrected chi connectivity index (χ3v) is 3.85. The van der Waals surface area contributed by atoms with Crippen molar-refractivity contribution < 1.29 is 17.9 Å². The van der Waals surface area contributed by atoms with Crippen molar-refractivity contribution in [2.24, 2.45) is 0 Å². The van der Waals surface area contributed by atoms with Gasteiger partial charge in [0.05, 0.1) is 5.56 Å². The fourth-order valence-electron chi connectivity index (χ4n) is 2.62. The van der Waals surface area contributed by atoms with Gasteiger partial charge in [-0.05, 0) is 59.2 Å². The first-order valence-corrected chi connectivity index (χ1v) is 7.83. The first-order valence-electron chi connectivity index (χ1n) is 7.83. The van der Waals surface area contributed by atoms with E-state index in [4.69, 9.17) is 4.74 Å². The van der Waals surface area contributed by atoms with Crippen molar-refractivity contribution in [3.8, 4) is 5.75 Å². The van der Waals surface area contributed by atoms with Crippen LogP contribution in [0.25, 0.3) is 10.8 Å². The highest BCUT2D eigenvalue weighted by atomic mass is 19.3. The van der Waals surface area contributed by atoms with Gasteiger partial charge in [-0.1, -0.05) is 37.6 Å². The first kappa shape index (κ1) is 16.4. The minimum absolute atomic E-state index is 0.0387. The fraction of sp³-hybridized carbons (Fsp3) is 0.200. The number of aryl methyl sites for hydroxylation is 1.